The molecule has 2 N–H and O–H groups in total. The van der Waals surface area contributed by atoms with Crippen LogP contribution in [0, 0.1) is 0 Å². The summed E-state index contributed by atoms with van der Waals surface area (Å²) < 4.78 is 59.3. The molecule has 1 aliphatic rings. The normalized spacial score (nSPS) is 13.7. The average Bonchev–Trinajstić information content (AvgIpc) is 3.04. The Morgan fingerprint density at radius 3 is 2.37 bits per heavy atom. The lowest BCUT2D eigenvalue weighted by molar-refractivity contribution is -0.137. The van der Waals surface area contributed by atoms with Crippen LogP contribution in [-0.4, -0.2) is 50.1 Å². The number of hydrogen-bond acceptors (Lipinski definition) is 7. The van der Waals surface area contributed by atoms with Crippen molar-refractivity contribution in [3.63, 3.8) is 0 Å². The monoisotopic (exact) mass is 636 g/mol. The quantitative estimate of drug-likeness (QED) is 0.199. The van der Waals surface area contributed by atoms with Crippen LogP contribution in [0.1, 0.15) is 37.3 Å². The van der Waals surface area contributed by atoms with Crippen LogP contribution in [-0.2, 0) is 22.2 Å². The number of ether oxygens (including phenoxy) is 3. The lowest BCUT2D eigenvalue weighted by Crippen LogP contribution is -2.45. The molecule has 0 saturated carbocycles. The van der Waals surface area contributed by atoms with Crippen molar-refractivity contribution >= 4 is 34.1 Å². The highest BCUT2D eigenvalue weighted by molar-refractivity contribution is 5.93. The van der Waals surface area contributed by atoms with E-state index in [4.69, 9.17) is 14.2 Å². The first kappa shape index (κ1) is 32.4. The van der Waals surface area contributed by atoms with Gasteiger partial charge in [0.1, 0.15) is 11.5 Å². The number of rotatable bonds is 10. The zero-order valence-corrected chi connectivity index (χ0v) is 25.7. The number of methoxy groups -OCH3 is 2. The fourth-order valence-electron chi connectivity index (χ4n) is 5.48. The van der Waals surface area contributed by atoms with Gasteiger partial charge in [0.05, 0.1) is 31.7 Å². The van der Waals surface area contributed by atoms with Crippen LogP contribution >= 0.6 is 0 Å². The summed E-state index contributed by atoms with van der Waals surface area (Å²) in [5.41, 5.74) is 0.523. The van der Waals surface area contributed by atoms with E-state index in [0.717, 1.165) is 6.07 Å². The standard InChI is InChI=1S/C34H35F3N4O5/c1-4-32(42)39-22-11-14-41(15-12-22)28-9-8-23(18-26(28)34(35,36)37)40-33(43)17-21-6-5-7-24(16-21)46-29-10-13-38-27-20-31(45-3)30(44-2)19-25(27)29/h5-10,13,16,18-20,22H,4,11-12,14-15,17H2,1-3H3,(H,39,42)(H,40,43). The number of hydrogen-bond donors (Lipinski definition) is 2. The summed E-state index contributed by atoms with van der Waals surface area (Å²) in [6.07, 6.45) is -1.65. The molecule has 2 amide bonds. The first-order valence-corrected chi connectivity index (χ1v) is 14.9. The highest BCUT2D eigenvalue weighted by Gasteiger charge is 2.36. The number of alkyl halides is 3. The molecule has 46 heavy (non-hydrogen) atoms. The van der Waals surface area contributed by atoms with Crippen LogP contribution < -0.4 is 29.7 Å². The number of carbonyl (C=O) groups excluding carboxylic acids is 2. The van der Waals surface area contributed by atoms with E-state index in [1.54, 1.807) is 60.5 Å². The molecule has 0 atom stereocenters. The van der Waals surface area contributed by atoms with Gasteiger partial charge in [-0.3, -0.25) is 14.6 Å². The molecular weight excluding hydrogens is 601 g/mol. The third-order valence-electron chi connectivity index (χ3n) is 7.81. The van der Waals surface area contributed by atoms with E-state index in [1.165, 1.54) is 26.4 Å². The van der Waals surface area contributed by atoms with Gasteiger partial charge in [-0.2, -0.15) is 13.2 Å². The van der Waals surface area contributed by atoms with Crippen molar-refractivity contribution in [1.29, 1.82) is 0 Å². The molecule has 5 rings (SSSR count). The number of benzene rings is 3. The number of aromatic nitrogens is 1. The molecule has 1 aromatic heterocycles. The molecular formula is C34H35F3N4O5. The Bertz CT molecular complexity index is 1720. The molecule has 242 valence electrons. The van der Waals surface area contributed by atoms with Crippen molar-refractivity contribution in [2.24, 2.45) is 0 Å². The largest absolute Gasteiger partial charge is 0.493 e. The van der Waals surface area contributed by atoms with Gasteiger partial charge in [0.15, 0.2) is 11.5 Å². The van der Waals surface area contributed by atoms with E-state index >= 15 is 0 Å². The zero-order chi connectivity index (χ0) is 32.8. The molecule has 0 bridgehead atoms. The lowest BCUT2D eigenvalue weighted by atomic mass is 10.0. The smallest absolute Gasteiger partial charge is 0.418 e. The van der Waals surface area contributed by atoms with Gasteiger partial charge in [0.2, 0.25) is 11.8 Å². The molecule has 0 spiro atoms. The Balaban J connectivity index is 1.27. The lowest BCUT2D eigenvalue weighted by Gasteiger charge is -2.35. The van der Waals surface area contributed by atoms with E-state index < -0.39 is 17.6 Å². The van der Waals surface area contributed by atoms with E-state index in [-0.39, 0.29) is 29.7 Å². The van der Waals surface area contributed by atoms with Crippen molar-refractivity contribution < 1.29 is 37.0 Å². The summed E-state index contributed by atoms with van der Waals surface area (Å²) in [5.74, 6) is 1.48. The third kappa shape index (κ3) is 7.61. The summed E-state index contributed by atoms with van der Waals surface area (Å²) in [4.78, 5) is 30.7. The van der Waals surface area contributed by atoms with Crippen molar-refractivity contribution in [2.75, 3.05) is 37.5 Å². The van der Waals surface area contributed by atoms with Crippen LogP contribution in [0.5, 0.6) is 23.0 Å². The molecule has 12 heteroatoms. The molecule has 2 heterocycles. The number of anilines is 2. The Hall–Kier alpha value is -5.00. The SMILES string of the molecule is CCC(=O)NC1CCN(c2ccc(NC(=O)Cc3cccc(Oc4ccnc5cc(OC)c(OC)cc45)c3)cc2C(F)(F)F)CC1. The highest BCUT2D eigenvalue weighted by atomic mass is 19.4. The van der Waals surface area contributed by atoms with E-state index in [0.29, 0.717) is 71.8 Å². The molecule has 1 saturated heterocycles. The van der Waals surface area contributed by atoms with Gasteiger partial charge in [0, 0.05) is 54.6 Å². The van der Waals surface area contributed by atoms with Gasteiger partial charge in [-0.15, -0.1) is 0 Å². The van der Waals surface area contributed by atoms with Gasteiger partial charge in [-0.05, 0) is 60.9 Å². The summed E-state index contributed by atoms with van der Waals surface area (Å²) in [5, 5.41) is 6.21. The molecule has 0 radical (unpaired) electrons. The number of fused-ring (bicyclic) bond motifs is 1. The summed E-state index contributed by atoms with van der Waals surface area (Å²) in [7, 11) is 3.08. The van der Waals surface area contributed by atoms with Crippen molar-refractivity contribution in [3.8, 4) is 23.0 Å². The van der Waals surface area contributed by atoms with Crippen molar-refractivity contribution in [2.45, 2.75) is 44.8 Å². The zero-order valence-electron chi connectivity index (χ0n) is 25.7. The predicted octanol–water partition coefficient (Wildman–Crippen LogP) is 6.74. The number of nitrogens with zero attached hydrogens (tertiary/aromatic N) is 2. The fraction of sp³-hybridized carbons (Fsp3) is 0.324. The number of carbonyl (C=O) groups is 2. The Kier molecular flexibility index (Phi) is 9.84. The van der Waals surface area contributed by atoms with Crippen molar-refractivity contribution in [1.82, 2.24) is 10.3 Å². The average molecular weight is 637 g/mol. The van der Waals surface area contributed by atoms with Gasteiger partial charge in [0.25, 0.3) is 0 Å². The molecule has 9 nitrogen and oxygen atoms in total. The van der Waals surface area contributed by atoms with Crippen LogP contribution in [0.4, 0.5) is 24.5 Å². The second kappa shape index (κ2) is 14.0. The number of amides is 2. The Morgan fingerprint density at radius 2 is 1.67 bits per heavy atom. The van der Waals surface area contributed by atoms with Crippen LogP contribution in [0.15, 0.2) is 66.9 Å². The molecule has 1 aliphatic heterocycles. The fourth-order valence-corrected chi connectivity index (χ4v) is 5.48. The van der Waals surface area contributed by atoms with Gasteiger partial charge in [-0.25, -0.2) is 0 Å². The Labute approximate surface area is 264 Å². The minimum absolute atomic E-state index is 0.0474. The minimum Gasteiger partial charge on any atom is -0.493 e. The van der Waals surface area contributed by atoms with E-state index in [2.05, 4.69) is 15.6 Å². The van der Waals surface area contributed by atoms with Gasteiger partial charge >= 0.3 is 6.18 Å². The maximum atomic E-state index is 14.1. The molecule has 0 unspecified atom stereocenters. The summed E-state index contributed by atoms with van der Waals surface area (Å²) in [6, 6.07) is 15.9. The number of halogens is 3. The first-order chi connectivity index (χ1) is 22.1. The van der Waals surface area contributed by atoms with Crippen molar-refractivity contribution in [3.05, 3.63) is 78.0 Å². The van der Waals surface area contributed by atoms with Gasteiger partial charge < -0.3 is 29.7 Å². The summed E-state index contributed by atoms with van der Waals surface area (Å²) in [6.45, 7) is 2.51. The van der Waals surface area contributed by atoms with Crippen LogP contribution in [0.25, 0.3) is 10.9 Å². The van der Waals surface area contributed by atoms with Crippen LogP contribution in [0.3, 0.4) is 0 Å². The minimum atomic E-state index is -4.62. The Morgan fingerprint density at radius 1 is 0.935 bits per heavy atom. The molecule has 0 aliphatic carbocycles. The predicted molar refractivity (Wildman–Crippen MR) is 169 cm³/mol. The van der Waals surface area contributed by atoms with E-state index in [9.17, 15) is 22.8 Å². The highest BCUT2D eigenvalue weighted by Crippen LogP contribution is 2.40. The second-order valence-electron chi connectivity index (χ2n) is 10.9. The summed E-state index contributed by atoms with van der Waals surface area (Å²) >= 11 is 0. The molecule has 1 fully saturated rings. The second-order valence-corrected chi connectivity index (χ2v) is 10.9. The maximum absolute atomic E-state index is 14.1. The molecule has 3 aromatic carbocycles. The van der Waals surface area contributed by atoms with E-state index in [1.807, 2.05) is 0 Å². The number of piperidine rings is 1. The maximum Gasteiger partial charge on any atom is 0.418 e. The van der Waals surface area contributed by atoms with Gasteiger partial charge in [-0.1, -0.05) is 19.1 Å². The first-order valence-electron chi connectivity index (χ1n) is 14.9. The van der Waals surface area contributed by atoms with Crippen LogP contribution in [0.2, 0.25) is 0 Å². The number of nitrogens with one attached hydrogen (secondary N) is 2. The number of pyridine rings is 1. The third-order valence-corrected chi connectivity index (χ3v) is 7.81. The molecule has 4 aromatic rings. The topological polar surface area (TPSA) is 102 Å².